The Bertz CT molecular complexity index is 878. The van der Waals surface area contributed by atoms with E-state index in [1.807, 2.05) is 0 Å². The molecule has 0 bridgehead atoms. The third-order valence-corrected chi connectivity index (χ3v) is 3.76. The first-order valence-corrected chi connectivity index (χ1v) is 7.65. The molecule has 0 aliphatic rings. The summed E-state index contributed by atoms with van der Waals surface area (Å²) in [6, 6.07) is 16.8. The first kappa shape index (κ1) is 15.2. The average Bonchev–Trinajstić information content (AvgIpc) is 2.94. The highest BCUT2D eigenvalue weighted by Gasteiger charge is 2.18. The number of para-hydroxylation sites is 2. The Balaban J connectivity index is 0.000000220. The van der Waals surface area contributed by atoms with E-state index in [0.717, 1.165) is 0 Å². The molecule has 0 unspecified atom stereocenters. The summed E-state index contributed by atoms with van der Waals surface area (Å²) in [6.45, 7) is 6.77. The number of hydrogen-bond donors (Lipinski definition) is 1. The van der Waals surface area contributed by atoms with Crippen LogP contribution in [0.1, 0.15) is 26.3 Å². The maximum Gasteiger partial charge on any atom is 0.0529 e. The van der Waals surface area contributed by atoms with Crippen LogP contribution in [0.25, 0.3) is 21.8 Å². The Kier molecular flexibility index (Phi) is 4.06. The lowest BCUT2D eigenvalue weighted by atomic mass is 9.86. The molecule has 0 saturated heterocycles. The summed E-state index contributed by atoms with van der Waals surface area (Å²) >= 11 is 0. The second kappa shape index (κ2) is 6.16. The normalized spacial score (nSPS) is 11.3. The highest BCUT2D eigenvalue weighted by atomic mass is 15.3. The maximum atomic E-state index is 3.55. The Labute approximate surface area is 135 Å². The van der Waals surface area contributed by atoms with Crippen LogP contribution in [0.4, 0.5) is 0 Å². The second-order valence-corrected chi connectivity index (χ2v) is 6.46. The summed E-state index contributed by atoms with van der Waals surface area (Å²) in [7, 11) is 0. The molecule has 23 heavy (non-hydrogen) atoms. The van der Waals surface area contributed by atoms with Crippen LogP contribution in [-0.2, 0) is 5.41 Å². The number of nitrogens with one attached hydrogen (secondary N) is 1. The number of fused-ring (bicyclic) bond motifs is 3. The highest BCUT2D eigenvalue weighted by Crippen LogP contribution is 2.33. The van der Waals surface area contributed by atoms with Gasteiger partial charge in [0.2, 0.25) is 0 Å². The molecule has 0 radical (unpaired) electrons. The molecule has 116 valence electrons. The summed E-state index contributed by atoms with van der Waals surface area (Å²) in [5.74, 6) is 0. The van der Waals surface area contributed by atoms with E-state index >= 15 is 0 Å². The van der Waals surface area contributed by atoms with Crippen molar-refractivity contribution >= 4 is 21.8 Å². The van der Waals surface area contributed by atoms with Gasteiger partial charge < -0.3 is 4.98 Å². The summed E-state index contributed by atoms with van der Waals surface area (Å²) < 4.78 is 0. The summed E-state index contributed by atoms with van der Waals surface area (Å²) in [6.07, 6.45) is 3.15. The van der Waals surface area contributed by atoms with Crippen molar-refractivity contribution in [3.05, 3.63) is 66.5 Å². The molecule has 0 fully saturated rings. The van der Waals surface area contributed by atoms with Gasteiger partial charge in [-0.25, -0.2) is 0 Å². The smallest absolute Gasteiger partial charge is 0.0529 e. The van der Waals surface area contributed by atoms with E-state index < -0.39 is 0 Å². The Morgan fingerprint density at radius 3 is 2.09 bits per heavy atom. The fraction of sp³-hybridized carbons (Fsp3) is 0.211. The molecule has 2 heterocycles. The van der Waals surface area contributed by atoms with Crippen molar-refractivity contribution < 1.29 is 0 Å². The standard InChI is InChI=1S/C16H17N.C3H3N3/c1-16(2,3)13-9-6-8-12-11-7-4-5-10-14(11)17-15(12)13;1-2-4-6-5-3-1/h4-10,17H,1-3H3;1-3H. The van der Waals surface area contributed by atoms with E-state index in [0.29, 0.717) is 0 Å². The van der Waals surface area contributed by atoms with Gasteiger partial charge in [-0.1, -0.05) is 57.2 Å². The van der Waals surface area contributed by atoms with Crippen LogP contribution < -0.4 is 0 Å². The molecular weight excluding hydrogens is 284 g/mol. The minimum atomic E-state index is 0.167. The molecule has 0 aliphatic carbocycles. The predicted octanol–water partition coefficient (Wildman–Crippen LogP) is 4.49. The van der Waals surface area contributed by atoms with Crippen LogP contribution in [0.2, 0.25) is 0 Å². The van der Waals surface area contributed by atoms with Gasteiger partial charge in [0.1, 0.15) is 0 Å². The second-order valence-electron chi connectivity index (χ2n) is 6.46. The molecule has 0 spiro atoms. The van der Waals surface area contributed by atoms with E-state index in [1.165, 1.54) is 27.4 Å². The minimum absolute atomic E-state index is 0.167. The fourth-order valence-corrected chi connectivity index (χ4v) is 2.70. The van der Waals surface area contributed by atoms with Gasteiger partial charge in [0.25, 0.3) is 0 Å². The predicted molar refractivity (Wildman–Crippen MR) is 94.3 cm³/mol. The van der Waals surface area contributed by atoms with E-state index in [2.05, 4.69) is 83.6 Å². The van der Waals surface area contributed by atoms with Gasteiger partial charge in [0, 0.05) is 16.3 Å². The van der Waals surface area contributed by atoms with Crippen molar-refractivity contribution in [2.45, 2.75) is 26.2 Å². The molecule has 0 atom stereocenters. The van der Waals surface area contributed by atoms with Gasteiger partial charge in [-0.3, -0.25) is 0 Å². The molecule has 2 aromatic carbocycles. The fourth-order valence-electron chi connectivity index (χ4n) is 2.70. The van der Waals surface area contributed by atoms with Gasteiger partial charge >= 0.3 is 0 Å². The number of aromatic amines is 1. The van der Waals surface area contributed by atoms with E-state index in [1.54, 1.807) is 18.5 Å². The first-order valence-electron chi connectivity index (χ1n) is 7.65. The average molecular weight is 304 g/mol. The van der Waals surface area contributed by atoms with Crippen molar-refractivity contribution in [3.8, 4) is 0 Å². The molecule has 0 aliphatic heterocycles. The van der Waals surface area contributed by atoms with Crippen LogP contribution in [-0.4, -0.2) is 20.4 Å². The largest absolute Gasteiger partial charge is 0.354 e. The zero-order valence-electron chi connectivity index (χ0n) is 13.6. The lowest BCUT2D eigenvalue weighted by molar-refractivity contribution is 0.595. The third kappa shape index (κ3) is 3.21. The lowest BCUT2D eigenvalue weighted by Gasteiger charge is -2.19. The van der Waals surface area contributed by atoms with Crippen LogP contribution in [0.5, 0.6) is 0 Å². The number of H-pyrrole nitrogens is 1. The zero-order chi connectivity index (χ0) is 16.3. The number of aromatic nitrogens is 4. The SMILES string of the molecule is CC(C)(C)c1cccc2c1[nH]c1ccccc12.c1cnnnc1. The molecular formula is C19H20N4. The maximum absolute atomic E-state index is 3.55. The van der Waals surface area contributed by atoms with Crippen molar-refractivity contribution in [2.75, 3.05) is 0 Å². The molecule has 2 aromatic heterocycles. The number of benzene rings is 2. The van der Waals surface area contributed by atoms with Gasteiger partial charge in [0.05, 0.1) is 17.9 Å². The molecule has 4 nitrogen and oxygen atoms in total. The summed E-state index contributed by atoms with van der Waals surface area (Å²) in [5, 5.41) is 12.8. The molecule has 4 heteroatoms. The lowest BCUT2D eigenvalue weighted by Crippen LogP contribution is -2.11. The Morgan fingerprint density at radius 2 is 1.48 bits per heavy atom. The minimum Gasteiger partial charge on any atom is -0.354 e. The number of nitrogens with zero attached hydrogens (tertiary/aromatic N) is 3. The monoisotopic (exact) mass is 304 g/mol. The van der Waals surface area contributed by atoms with E-state index in [9.17, 15) is 0 Å². The molecule has 0 saturated carbocycles. The third-order valence-electron chi connectivity index (χ3n) is 3.76. The van der Waals surface area contributed by atoms with E-state index in [-0.39, 0.29) is 5.41 Å². The molecule has 4 rings (SSSR count). The van der Waals surface area contributed by atoms with E-state index in [4.69, 9.17) is 0 Å². The summed E-state index contributed by atoms with van der Waals surface area (Å²) in [4.78, 5) is 3.55. The van der Waals surface area contributed by atoms with Crippen molar-refractivity contribution in [2.24, 2.45) is 0 Å². The molecule has 4 aromatic rings. The van der Waals surface area contributed by atoms with Gasteiger partial charge in [-0.2, -0.15) is 0 Å². The van der Waals surface area contributed by atoms with Crippen LogP contribution in [0.15, 0.2) is 60.9 Å². The zero-order valence-corrected chi connectivity index (χ0v) is 13.6. The molecule has 0 amide bonds. The first-order chi connectivity index (χ1) is 11.1. The summed E-state index contributed by atoms with van der Waals surface area (Å²) in [5.41, 5.74) is 4.05. The topological polar surface area (TPSA) is 54.5 Å². The van der Waals surface area contributed by atoms with Gasteiger partial charge in [-0.15, -0.1) is 10.2 Å². The van der Waals surface area contributed by atoms with Gasteiger partial charge in [0.15, 0.2) is 0 Å². The van der Waals surface area contributed by atoms with Crippen molar-refractivity contribution in [3.63, 3.8) is 0 Å². The number of hydrogen-bond acceptors (Lipinski definition) is 3. The number of rotatable bonds is 0. The Morgan fingerprint density at radius 1 is 0.783 bits per heavy atom. The van der Waals surface area contributed by atoms with Gasteiger partial charge in [-0.05, 0) is 28.3 Å². The van der Waals surface area contributed by atoms with Crippen LogP contribution in [0.3, 0.4) is 0 Å². The van der Waals surface area contributed by atoms with Crippen molar-refractivity contribution in [1.82, 2.24) is 20.4 Å². The quantitative estimate of drug-likeness (QED) is 0.521. The Hall–Kier alpha value is -2.75. The highest BCUT2D eigenvalue weighted by molar-refractivity contribution is 6.08. The van der Waals surface area contributed by atoms with Crippen LogP contribution >= 0.6 is 0 Å². The molecule has 1 N–H and O–H groups in total. The van der Waals surface area contributed by atoms with Crippen molar-refractivity contribution in [1.29, 1.82) is 0 Å². The van der Waals surface area contributed by atoms with Crippen LogP contribution in [0, 0.1) is 0 Å².